The summed E-state index contributed by atoms with van der Waals surface area (Å²) in [6, 6.07) is 3.64. The average Bonchev–Trinajstić information content (AvgIpc) is 2.26. The molecule has 0 heterocycles. The van der Waals surface area contributed by atoms with Gasteiger partial charge in [-0.3, -0.25) is 9.35 Å². The summed E-state index contributed by atoms with van der Waals surface area (Å²) in [5.41, 5.74) is 6.31. The number of aliphatic hydroxyl groups excluding tert-OH is 1. The number of aryl methyl sites for hydroxylation is 2. The maximum atomic E-state index is 10.7. The lowest BCUT2D eigenvalue weighted by atomic mass is 10.2. The van der Waals surface area contributed by atoms with Crippen LogP contribution in [0.2, 0.25) is 0 Å². The van der Waals surface area contributed by atoms with E-state index in [1.54, 1.807) is 19.1 Å². The van der Waals surface area contributed by atoms with Gasteiger partial charge in [0.25, 0.3) is 10.1 Å². The zero-order valence-electron chi connectivity index (χ0n) is 10.6. The number of aliphatic carboxylic acids is 1. The highest BCUT2D eigenvalue weighted by atomic mass is 32.2. The first-order chi connectivity index (χ1) is 8.59. The number of hydrogen-bond donors (Lipinski definition) is 4. The zero-order valence-corrected chi connectivity index (χ0v) is 11.4. The first-order valence-electron chi connectivity index (χ1n) is 5.23. The Hall–Kier alpha value is -1.48. The summed E-state index contributed by atoms with van der Waals surface area (Å²) >= 11 is 0. The summed E-state index contributed by atoms with van der Waals surface area (Å²) in [4.78, 5) is 9.63. The normalized spacial score (nSPS) is 12.3. The predicted octanol–water partition coefficient (Wildman–Crippen LogP) is -0.0593. The predicted molar refractivity (Wildman–Crippen MR) is 68.4 cm³/mol. The van der Waals surface area contributed by atoms with Gasteiger partial charge in [0.05, 0.1) is 11.5 Å². The van der Waals surface area contributed by atoms with E-state index in [-0.39, 0.29) is 4.90 Å². The van der Waals surface area contributed by atoms with Crippen LogP contribution in [0.3, 0.4) is 0 Å². The zero-order chi connectivity index (χ0) is 15.2. The molecular weight excluding hydrogens is 274 g/mol. The summed E-state index contributed by atoms with van der Waals surface area (Å²) in [7, 11) is -4.05. The third kappa shape index (κ3) is 6.30. The minimum Gasteiger partial charge on any atom is -0.480 e. The Bertz CT molecular complexity index is 540. The first kappa shape index (κ1) is 17.5. The summed E-state index contributed by atoms with van der Waals surface area (Å²) in [5.74, 6) is -1.18. The van der Waals surface area contributed by atoms with Crippen molar-refractivity contribution in [3.8, 4) is 0 Å². The van der Waals surface area contributed by atoms with E-state index < -0.39 is 28.7 Å². The highest BCUT2D eigenvalue weighted by molar-refractivity contribution is 7.85. The molecule has 5 N–H and O–H groups in total. The molecule has 19 heavy (non-hydrogen) atoms. The van der Waals surface area contributed by atoms with Crippen molar-refractivity contribution in [2.75, 3.05) is 6.61 Å². The topological polar surface area (TPSA) is 138 Å². The number of rotatable bonds is 3. The van der Waals surface area contributed by atoms with Gasteiger partial charge in [-0.05, 0) is 25.5 Å². The van der Waals surface area contributed by atoms with E-state index >= 15 is 0 Å². The van der Waals surface area contributed by atoms with Crippen LogP contribution in [0, 0.1) is 13.8 Å². The van der Waals surface area contributed by atoms with Crippen molar-refractivity contribution < 1.29 is 28.0 Å². The number of carboxylic acids is 1. The molecule has 1 rings (SSSR count). The molecule has 0 amide bonds. The highest BCUT2D eigenvalue weighted by Gasteiger charge is 2.11. The van der Waals surface area contributed by atoms with Crippen molar-refractivity contribution >= 4 is 16.1 Å². The minimum absolute atomic E-state index is 0.0203. The monoisotopic (exact) mass is 291 g/mol. The molecule has 0 aliphatic carbocycles. The Morgan fingerprint density at radius 3 is 2.16 bits per heavy atom. The van der Waals surface area contributed by atoms with Crippen molar-refractivity contribution in [2.24, 2.45) is 5.73 Å². The average molecular weight is 291 g/mol. The van der Waals surface area contributed by atoms with Crippen molar-refractivity contribution in [3.05, 3.63) is 29.3 Å². The molecule has 1 atom stereocenters. The SMILES string of the molecule is Cc1ccc(S(=O)(=O)O)c(C)c1.NC(CO)C(=O)O. The van der Waals surface area contributed by atoms with E-state index in [2.05, 4.69) is 0 Å². The van der Waals surface area contributed by atoms with E-state index in [4.69, 9.17) is 20.5 Å². The lowest BCUT2D eigenvalue weighted by Crippen LogP contribution is -2.33. The molecule has 0 aliphatic heterocycles. The quantitative estimate of drug-likeness (QED) is 0.572. The fourth-order valence-corrected chi connectivity index (χ4v) is 1.87. The standard InChI is InChI=1S/C8H10O3S.C3H7NO3/c1-6-3-4-8(7(2)5-6)12(9,10)11;4-2(1-5)3(6)7/h3-5H,1-2H3,(H,9,10,11);2,5H,1,4H2,(H,6,7). The molecule has 1 aromatic carbocycles. The molecular formula is C11H17NO6S. The Morgan fingerprint density at radius 1 is 1.37 bits per heavy atom. The third-order valence-electron chi connectivity index (χ3n) is 2.12. The van der Waals surface area contributed by atoms with Crippen LogP contribution in [0.15, 0.2) is 23.1 Å². The van der Waals surface area contributed by atoms with Gasteiger partial charge in [0.15, 0.2) is 0 Å². The summed E-state index contributed by atoms with van der Waals surface area (Å²) < 4.78 is 30.2. The molecule has 0 saturated heterocycles. The van der Waals surface area contributed by atoms with Gasteiger partial charge in [0.2, 0.25) is 0 Å². The third-order valence-corrected chi connectivity index (χ3v) is 3.14. The molecule has 1 unspecified atom stereocenters. The molecule has 7 nitrogen and oxygen atoms in total. The van der Waals surface area contributed by atoms with Gasteiger partial charge < -0.3 is 15.9 Å². The van der Waals surface area contributed by atoms with Crippen LogP contribution in [0.25, 0.3) is 0 Å². The van der Waals surface area contributed by atoms with E-state index in [9.17, 15) is 13.2 Å². The number of carbonyl (C=O) groups is 1. The van der Waals surface area contributed by atoms with Crippen LogP contribution in [0.1, 0.15) is 11.1 Å². The van der Waals surface area contributed by atoms with Gasteiger partial charge in [0, 0.05) is 0 Å². The van der Waals surface area contributed by atoms with Crippen molar-refractivity contribution in [1.82, 2.24) is 0 Å². The number of aliphatic hydroxyl groups is 1. The van der Waals surface area contributed by atoms with Gasteiger partial charge >= 0.3 is 5.97 Å². The Balaban J connectivity index is 0.000000399. The van der Waals surface area contributed by atoms with Crippen LogP contribution < -0.4 is 5.73 Å². The van der Waals surface area contributed by atoms with Gasteiger partial charge in [-0.15, -0.1) is 0 Å². The van der Waals surface area contributed by atoms with Crippen LogP contribution in [-0.4, -0.2) is 41.8 Å². The molecule has 0 aliphatic rings. The molecule has 0 fully saturated rings. The number of nitrogens with two attached hydrogens (primary N) is 1. The summed E-state index contributed by atoms with van der Waals surface area (Å²) in [6.45, 7) is 3.01. The van der Waals surface area contributed by atoms with Crippen LogP contribution in [0.5, 0.6) is 0 Å². The molecule has 0 bridgehead atoms. The van der Waals surface area contributed by atoms with Gasteiger partial charge in [0.1, 0.15) is 6.04 Å². The molecule has 0 radical (unpaired) electrons. The molecule has 0 spiro atoms. The van der Waals surface area contributed by atoms with Crippen molar-refractivity contribution in [3.63, 3.8) is 0 Å². The van der Waals surface area contributed by atoms with E-state index in [0.29, 0.717) is 5.56 Å². The maximum absolute atomic E-state index is 10.7. The number of benzene rings is 1. The summed E-state index contributed by atoms with van der Waals surface area (Å²) in [6.07, 6.45) is 0. The first-order valence-corrected chi connectivity index (χ1v) is 6.67. The van der Waals surface area contributed by atoms with Gasteiger partial charge in [-0.2, -0.15) is 8.42 Å². The van der Waals surface area contributed by atoms with Crippen LogP contribution in [-0.2, 0) is 14.9 Å². The molecule has 8 heteroatoms. The van der Waals surface area contributed by atoms with E-state index in [1.165, 1.54) is 6.07 Å². The number of carboxylic acid groups (broad SMARTS) is 1. The minimum atomic E-state index is -4.05. The fraction of sp³-hybridized carbons (Fsp3) is 0.364. The van der Waals surface area contributed by atoms with Crippen molar-refractivity contribution in [1.29, 1.82) is 0 Å². The number of hydrogen-bond acceptors (Lipinski definition) is 5. The van der Waals surface area contributed by atoms with E-state index in [1.807, 2.05) is 6.92 Å². The molecule has 0 aromatic heterocycles. The second-order valence-corrected chi connectivity index (χ2v) is 5.26. The second-order valence-electron chi connectivity index (χ2n) is 3.87. The lowest BCUT2D eigenvalue weighted by Gasteiger charge is -2.02. The largest absolute Gasteiger partial charge is 0.480 e. The highest BCUT2D eigenvalue weighted by Crippen LogP contribution is 2.15. The summed E-state index contributed by atoms with van der Waals surface area (Å²) in [5, 5.41) is 15.9. The van der Waals surface area contributed by atoms with Gasteiger partial charge in [-0.25, -0.2) is 0 Å². The van der Waals surface area contributed by atoms with Crippen LogP contribution >= 0.6 is 0 Å². The Labute approximate surface area is 111 Å². The van der Waals surface area contributed by atoms with Crippen molar-refractivity contribution in [2.45, 2.75) is 24.8 Å². The molecule has 108 valence electrons. The van der Waals surface area contributed by atoms with E-state index in [0.717, 1.165) is 5.56 Å². The molecule has 0 saturated carbocycles. The van der Waals surface area contributed by atoms with Crippen LogP contribution in [0.4, 0.5) is 0 Å². The Kier molecular flexibility index (Phi) is 6.63. The lowest BCUT2D eigenvalue weighted by molar-refractivity contribution is -0.139. The molecule has 1 aromatic rings. The smallest absolute Gasteiger partial charge is 0.322 e. The fourth-order valence-electron chi connectivity index (χ4n) is 1.17. The van der Waals surface area contributed by atoms with Gasteiger partial charge in [-0.1, -0.05) is 17.7 Å². The second kappa shape index (κ2) is 7.19. The maximum Gasteiger partial charge on any atom is 0.322 e. The Morgan fingerprint density at radius 2 is 1.89 bits per heavy atom.